The van der Waals surface area contributed by atoms with Crippen molar-refractivity contribution in [1.29, 1.82) is 0 Å². The summed E-state index contributed by atoms with van der Waals surface area (Å²) in [6, 6.07) is 0. The zero-order chi connectivity index (χ0) is 23.8. The molecule has 0 heterocycles. The summed E-state index contributed by atoms with van der Waals surface area (Å²) in [5.74, 6) is 1.86. The van der Waals surface area contributed by atoms with Gasteiger partial charge in [-0.05, 0) is 37.0 Å². The molecule has 0 amide bonds. The third kappa shape index (κ3) is 17.5. The third-order valence-electron chi connectivity index (χ3n) is 8.26. The maximum absolute atomic E-state index is 2.54. The normalized spacial score (nSPS) is 13.7. The van der Waals surface area contributed by atoms with Gasteiger partial charge in [0.25, 0.3) is 0 Å². The second-order valence-corrected chi connectivity index (χ2v) is 11.0. The Morgan fingerprint density at radius 1 is 0.406 bits per heavy atom. The van der Waals surface area contributed by atoms with Gasteiger partial charge in [0.1, 0.15) is 0 Å². The van der Waals surface area contributed by atoms with Crippen LogP contribution in [-0.2, 0) is 0 Å². The topological polar surface area (TPSA) is 0 Å². The maximum atomic E-state index is 2.54. The lowest BCUT2D eigenvalue weighted by Crippen LogP contribution is -2.27. The molecule has 0 aliphatic carbocycles. The molecule has 0 heteroatoms. The molecule has 1 atom stereocenters. The van der Waals surface area contributed by atoms with E-state index in [4.69, 9.17) is 0 Å². The van der Waals surface area contributed by atoms with Gasteiger partial charge in [-0.2, -0.15) is 0 Å². The van der Waals surface area contributed by atoms with E-state index in [0.29, 0.717) is 5.41 Å². The summed E-state index contributed by atoms with van der Waals surface area (Å²) in [5, 5.41) is 0. The lowest BCUT2D eigenvalue weighted by molar-refractivity contribution is 0.217. The summed E-state index contributed by atoms with van der Waals surface area (Å²) >= 11 is 0. The maximum Gasteiger partial charge on any atom is -0.0210 e. The van der Waals surface area contributed by atoms with E-state index in [1.54, 1.807) is 0 Å². The van der Waals surface area contributed by atoms with Crippen LogP contribution in [0.25, 0.3) is 0 Å². The Morgan fingerprint density at radius 3 is 1.09 bits per heavy atom. The Balaban J connectivity index is 4.26. The van der Waals surface area contributed by atoms with Crippen molar-refractivity contribution in [2.24, 2.45) is 5.41 Å². The van der Waals surface area contributed by atoms with Crippen molar-refractivity contribution in [3.05, 3.63) is 5.92 Å². The fraction of sp³-hybridized carbons (Fsp3) is 0.969. The van der Waals surface area contributed by atoms with E-state index in [1.807, 2.05) is 5.92 Å². The largest absolute Gasteiger partial charge is 0.0654 e. The zero-order valence-electron chi connectivity index (χ0n) is 23.7. The molecule has 0 aliphatic heterocycles. The smallest absolute Gasteiger partial charge is 0.0210 e. The van der Waals surface area contributed by atoms with E-state index in [1.165, 1.54) is 161 Å². The summed E-state index contributed by atoms with van der Waals surface area (Å²) in [6.07, 6.45) is 36.0. The van der Waals surface area contributed by atoms with Crippen molar-refractivity contribution in [2.45, 2.75) is 195 Å². The van der Waals surface area contributed by atoms with Gasteiger partial charge in [0.15, 0.2) is 0 Å². The van der Waals surface area contributed by atoms with E-state index in [9.17, 15) is 0 Å². The highest BCUT2D eigenvalue weighted by Gasteiger charge is 2.33. The van der Waals surface area contributed by atoms with Gasteiger partial charge < -0.3 is 0 Å². The Kier molecular flexibility index (Phi) is 24.1. The monoisotopic (exact) mass is 450 g/mol. The van der Waals surface area contributed by atoms with Crippen LogP contribution < -0.4 is 0 Å². The minimum atomic E-state index is 0.552. The van der Waals surface area contributed by atoms with Crippen LogP contribution in [0.5, 0.6) is 0 Å². The van der Waals surface area contributed by atoms with E-state index in [2.05, 4.69) is 34.6 Å². The molecule has 1 unspecified atom stereocenters. The molecule has 0 aromatic heterocycles. The molecule has 193 valence electrons. The summed E-state index contributed by atoms with van der Waals surface area (Å²) in [4.78, 5) is 0. The molecule has 32 heavy (non-hydrogen) atoms. The lowest BCUT2D eigenvalue weighted by Gasteiger charge is -2.39. The second-order valence-electron chi connectivity index (χ2n) is 11.0. The first kappa shape index (κ1) is 32.0. The molecular formula is C32H65. The van der Waals surface area contributed by atoms with E-state index in [0.717, 1.165) is 0 Å². The number of hydrogen-bond donors (Lipinski definition) is 0. The van der Waals surface area contributed by atoms with Gasteiger partial charge in [-0.25, -0.2) is 0 Å². The third-order valence-corrected chi connectivity index (χ3v) is 8.26. The highest BCUT2D eigenvalue weighted by atomic mass is 14.4. The highest BCUT2D eigenvalue weighted by Crippen LogP contribution is 2.45. The summed E-state index contributed by atoms with van der Waals surface area (Å²) in [5.41, 5.74) is 0.552. The number of unbranched alkanes of at least 4 members (excludes halogenated alkanes) is 18. The van der Waals surface area contributed by atoms with Crippen LogP contribution >= 0.6 is 0 Å². The van der Waals surface area contributed by atoms with Gasteiger partial charge in [-0.1, -0.05) is 169 Å². The lowest BCUT2D eigenvalue weighted by atomic mass is 9.66. The predicted octanol–water partition coefficient (Wildman–Crippen LogP) is 12.4. The summed E-state index contributed by atoms with van der Waals surface area (Å²) < 4.78 is 0. The Hall–Kier alpha value is 0. The van der Waals surface area contributed by atoms with Crippen LogP contribution in [0.4, 0.5) is 0 Å². The summed E-state index contributed by atoms with van der Waals surface area (Å²) in [6.45, 7) is 12.0. The van der Waals surface area contributed by atoms with Gasteiger partial charge in [-0.3, -0.25) is 0 Å². The fourth-order valence-corrected chi connectivity index (χ4v) is 5.66. The van der Waals surface area contributed by atoms with Crippen LogP contribution in [0, 0.1) is 11.3 Å². The van der Waals surface area contributed by atoms with Gasteiger partial charge in [0, 0.05) is 0 Å². The van der Waals surface area contributed by atoms with Crippen LogP contribution in [-0.4, -0.2) is 0 Å². The zero-order valence-corrected chi connectivity index (χ0v) is 23.7. The van der Waals surface area contributed by atoms with E-state index < -0.39 is 0 Å². The van der Waals surface area contributed by atoms with Crippen molar-refractivity contribution in [3.63, 3.8) is 0 Å². The average molecular weight is 450 g/mol. The first-order chi connectivity index (χ1) is 15.7. The van der Waals surface area contributed by atoms with Crippen LogP contribution in [0.15, 0.2) is 0 Å². The molecular weight excluding hydrogens is 384 g/mol. The minimum Gasteiger partial charge on any atom is -0.0654 e. The molecule has 0 saturated carbocycles. The standard InChI is InChI=1S/C32H65/c1-6-10-13-16-18-19-20-21-23-25-28-31(5)32(9-4,29-26-15-12-8-3)30-27-24-22-17-14-11-7-2/h6-30H2,1-5H3. The Labute approximate surface area is 206 Å². The molecule has 0 aromatic rings. The molecule has 1 radical (unpaired) electrons. The Bertz CT molecular complexity index is 346. The van der Waals surface area contributed by atoms with E-state index in [-0.39, 0.29) is 0 Å². The Morgan fingerprint density at radius 2 is 0.719 bits per heavy atom. The second kappa shape index (κ2) is 24.1. The van der Waals surface area contributed by atoms with Gasteiger partial charge in [0.2, 0.25) is 0 Å². The first-order valence-corrected chi connectivity index (χ1v) is 15.5. The minimum absolute atomic E-state index is 0.552. The van der Waals surface area contributed by atoms with Crippen molar-refractivity contribution in [2.75, 3.05) is 0 Å². The predicted molar refractivity (Wildman–Crippen MR) is 149 cm³/mol. The molecule has 0 fully saturated rings. The molecule has 0 rings (SSSR count). The molecule has 0 aromatic carbocycles. The number of hydrogen-bond acceptors (Lipinski definition) is 0. The number of rotatable bonds is 26. The van der Waals surface area contributed by atoms with E-state index >= 15 is 0 Å². The SMILES string of the molecule is CCCCCCCCCCCC[C](C)C(CC)(CCCCCC)CCCCCCCCC. The van der Waals surface area contributed by atoms with Gasteiger partial charge in [-0.15, -0.1) is 0 Å². The molecule has 0 N–H and O–H groups in total. The first-order valence-electron chi connectivity index (χ1n) is 15.5. The molecule has 0 saturated heterocycles. The van der Waals surface area contributed by atoms with Crippen molar-refractivity contribution in [3.8, 4) is 0 Å². The van der Waals surface area contributed by atoms with Gasteiger partial charge in [0.05, 0.1) is 0 Å². The quantitative estimate of drug-likeness (QED) is 0.115. The fourth-order valence-electron chi connectivity index (χ4n) is 5.66. The van der Waals surface area contributed by atoms with Crippen molar-refractivity contribution >= 4 is 0 Å². The van der Waals surface area contributed by atoms with Crippen molar-refractivity contribution < 1.29 is 0 Å². The van der Waals surface area contributed by atoms with Crippen LogP contribution in [0.1, 0.15) is 195 Å². The van der Waals surface area contributed by atoms with Crippen LogP contribution in [0.2, 0.25) is 0 Å². The average Bonchev–Trinajstić information content (AvgIpc) is 2.81. The molecule has 0 bridgehead atoms. The van der Waals surface area contributed by atoms with Gasteiger partial charge >= 0.3 is 0 Å². The van der Waals surface area contributed by atoms with Crippen LogP contribution in [0.3, 0.4) is 0 Å². The highest BCUT2D eigenvalue weighted by molar-refractivity contribution is 5.03. The molecule has 0 nitrogen and oxygen atoms in total. The van der Waals surface area contributed by atoms with Crippen molar-refractivity contribution in [1.82, 2.24) is 0 Å². The summed E-state index contributed by atoms with van der Waals surface area (Å²) in [7, 11) is 0. The molecule has 0 aliphatic rings. The molecule has 0 spiro atoms.